The van der Waals surface area contributed by atoms with E-state index in [2.05, 4.69) is 19.2 Å². The first-order valence-corrected chi connectivity index (χ1v) is 11.2. The van der Waals surface area contributed by atoms with E-state index in [0.717, 1.165) is 17.5 Å². The molecule has 0 saturated carbocycles. The molecule has 0 radical (unpaired) electrons. The van der Waals surface area contributed by atoms with Gasteiger partial charge in [-0.3, -0.25) is 9.59 Å². The third-order valence-electron chi connectivity index (χ3n) is 5.36. The lowest BCUT2D eigenvalue weighted by atomic mass is 10.0. The van der Waals surface area contributed by atoms with Gasteiger partial charge in [0.05, 0.1) is 0 Å². The maximum atomic E-state index is 13.2. The molecule has 2 aromatic rings. The Bertz CT molecular complexity index is 885. The summed E-state index contributed by atoms with van der Waals surface area (Å²) < 4.78 is 5.89. The second-order valence-corrected chi connectivity index (χ2v) is 8.50. The summed E-state index contributed by atoms with van der Waals surface area (Å²) in [7, 11) is 0. The van der Waals surface area contributed by atoms with Gasteiger partial charge in [0, 0.05) is 17.6 Å². The minimum Gasteiger partial charge on any atom is -0.483 e. The zero-order chi connectivity index (χ0) is 23.0. The summed E-state index contributed by atoms with van der Waals surface area (Å²) >= 11 is 6.32. The molecular formula is C25H33ClN2O3. The number of amides is 2. The number of halogens is 1. The topological polar surface area (TPSA) is 58.6 Å². The number of nitrogens with one attached hydrogen (secondary N) is 1. The molecule has 0 aliphatic rings. The van der Waals surface area contributed by atoms with Crippen LogP contribution >= 0.6 is 11.6 Å². The molecule has 0 aliphatic heterocycles. The number of benzene rings is 2. The first kappa shape index (κ1) is 24.7. The van der Waals surface area contributed by atoms with Crippen molar-refractivity contribution in [2.24, 2.45) is 0 Å². The van der Waals surface area contributed by atoms with Gasteiger partial charge in [0.1, 0.15) is 11.8 Å². The summed E-state index contributed by atoms with van der Waals surface area (Å²) in [5.74, 6) is 0.480. The molecule has 2 unspecified atom stereocenters. The highest BCUT2D eigenvalue weighted by molar-refractivity contribution is 6.31. The summed E-state index contributed by atoms with van der Waals surface area (Å²) in [5, 5.41) is 3.51. The second kappa shape index (κ2) is 11.8. The van der Waals surface area contributed by atoms with Gasteiger partial charge in [0.25, 0.3) is 5.91 Å². The van der Waals surface area contributed by atoms with Gasteiger partial charge in [-0.05, 0) is 49.4 Å². The van der Waals surface area contributed by atoms with E-state index in [1.54, 1.807) is 13.0 Å². The minimum absolute atomic E-state index is 0.0291. The van der Waals surface area contributed by atoms with Crippen molar-refractivity contribution in [3.63, 3.8) is 0 Å². The molecule has 31 heavy (non-hydrogen) atoms. The molecule has 0 bridgehead atoms. The second-order valence-electron chi connectivity index (χ2n) is 8.09. The molecule has 2 atom stereocenters. The summed E-state index contributed by atoms with van der Waals surface area (Å²) in [6, 6.07) is 14.4. The molecule has 1 N–H and O–H groups in total. The third kappa shape index (κ3) is 7.00. The Labute approximate surface area is 190 Å². The van der Waals surface area contributed by atoms with Crippen LogP contribution in [0.5, 0.6) is 5.75 Å². The largest absolute Gasteiger partial charge is 0.483 e. The van der Waals surface area contributed by atoms with Crippen molar-refractivity contribution in [2.75, 3.05) is 6.61 Å². The summed E-state index contributed by atoms with van der Waals surface area (Å²) in [6.45, 7) is 9.90. The molecule has 0 aliphatic carbocycles. The van der Waals surface area contributed by atoms with Crippen LogP contribution in [0, 0.1) is 0 Å². The molecule has 0 aromatic heterocycles. The van der Waals surface area contributed by atoms with Gasteiger partial charge in [-0.15, -0.1) is 0 Å². The van der Waals surface area contributed by atoms with E-state index in [0.29, 0.717) is 10.8 Å². The Morgan fingerprint density at radius 2 is 1.68 bits per heavy atom. The van der Waals surface area contributed by atoms with Crippen LogP contribution in [0.25, 0.3) is 0 Å². The highest BCUT2D eigenvalue weighted by Crippen LogP contribution is 2.26. The van der Waals surface area contributed by atoms with Crippen LogP contribution in [-0.2, 0) is 16.1 Å². The minimum atomic E-state index is -0.665. The van der Waals surface area contributed by atoms with Gasteiger partial charge in [0.2, 0.25) is 5.91 Å². The van der Waals surface area contributed by atoms with Crippen LogP contribution in [0.4, 0.5) is 0 Å². The molecule has 2 aromatic carbocycles. The lowest BCUT2D eigenvalue weighted by Crippen LogP contribution is -2.50. The van der Waals surface area contributed by atoms with Crippen molar-refractivity contribution in [3.8, 4) is 5.75 Å². The standard InChI is InChI=1S/C25H33ClN2O3/c1-6-18(4)27-25(30)19(5)28(15-20-11-7-9-13-22(20)26)24(29)16-31-23-14-10-8-12-21(23)17(2)3/h7-14,17-19H,6,15-16H2,1-5H3,(H,27,30). The van der Waals surface area contributed by atoms with E-state index >= 15 is 0 Å². The highest BCUT2D eigenvalue weighted by atomic mass is 35.5. The normalized spacial score (nSPS) is 12.9. The SMILES string of the molecule is CCC(C)NC(=O)C(C)N(Cc1ccccc1Cl)C(=O)COc1ccccc1C(C)C. The van der Waals surface area contributed by atoms with Gasteiger partial charge < -0.3 is 15.0 Å². The van der Waals surface area contributed by atoms with Crippen LogP contribution < -0.4 is 10.1 Å². The fourth-order valence-corrected chi connectivity index (χ4v) is 3.37. The van der Waals surface area contributed by atoms with Crippen LogP contribution in [0.2, 0.25) is 5.02 Å². The molecule has 0 spiro atoms. The van der Waals surface area contributed by atoms with E-state index in [1.807, 2.05) is 56.3 Å². The van der Waals surface area contributed by atoms with Gasteiger partial charge in [0.15, 0.2) is 6.61 Å². The molecular weight excluding hydrogens is 412 g/mol. The molecule has 0 saturated heterocycles. The monoisotopic (exact) mass is 444 g/mol. The smallest absolute Gasteiger partial charge is 0.261 e. The molecule has 2 rings (SSSR count). The van der Waals surface area contributed by atoms with E-state index in [4.69, 9.17) is 16.3 Å². The fourth-order valence-electron chi connectivity index (χ4n) is 3.17. The number of carbonyl (C=O) groups is 2. The number of rotatable bonds is 10. The lowest BCUT2D eigenvalue weighted by Gasteiger charge is -2.30. The van der Waals surface area contributed by atoms with E-state index in [1.165, 1.54) is 4.90 Å². The average Bonchev–Trinajstić information content (AvgIpc) is 2.76. The van der Waals surface area contributed by atoms with E-state index < -0.39 is 6.04 Å². The quantitative estimate of drug-likeness (QED) is 0.549. The molecule has 6 heteroatoms. The number of ether oxygens (including phenoxy) is 1. The van der Waals surface area contributed by atoms with E-state index in [-0.39, 0.29) is 36.9 Å². The van der Waals surface area contributed by atoms with Crippen LogP contribution in [0.3, 0.4) is 0 Å². The Morgan fingerprint density at radius 1 is 1.03 bits per heavy atom. The molecule has 2 amide bonds. The van der Waals surface area contributed by atoms with Gasteiger partial charge >= 0.3 is 0 Å². The maximum Gasteiger partial charge on any atom is 0.261 e. The molecule has 0 heterocycles. The zero-order valence-corrected chi connectivity index (χ0v) is 19.8. The Balaban J connectivity index is 2.21. The van der Waals surface area contributed by atoms with Gasteiger partial charge in [-0.25, -0.2) is 0 Å². The lowest BCUT2D eigenvalue weighted by molar-refractivity contribution is -0.142. The highest BCUT2D eigenvalue weighted by Gasteiger charge is 2.27. The number of hydrogen-bond donors (Lipinski definition) is 1. The van der Waals surface area contributed by atoms with Crippen molar-refractivity contribution in [2.45, 2.75) is 65.6 Å². The van der Waals surface area contributed by atoms with Crippen molar-refractivity contribution >= 4 is 23.4 Å². The zero-order valence-electron chi connectivity index (χ0n) is 19.0. The fraction of sp³-hybridized carbons (Fsp3) is 0.440. The first-order valence-electron chi connectivity index (χ1n) is 10.8. The summed E-state index contributed by atoms with van der Waals surface area (Å²) in [4.78, 5) is 27.5. The van der Waals surface area contributed by atoms with E-state index in [9.17, 15) is 9.59 Å². The van der Waals surface area contributed by atoms with Crippen molar-refractivity contribution in [1.29, 1.82) is 0 Å². The summed E-state index contributed by atoms with van der Waals surface area (Å²) in [6.07, 6.45) is 0.812. The molecule has 168 valence electrons. The maximum absolute atomic E-state index is 13.2. The summed E-state index contributed by atoms with van der Waals surface area (Å²) in [5.41, 5.74) is 1.82. The molecule has 5 nitrogen and oxygen atoms in total. The predicted octanol–water partition coefficient (Wildman–Crippen LogP) is 5.17. The average molecular weight is 445 g/mol. The number of carbonyl (C=O) groups excluding carboxylic acids is 2. The van der Waals surface area contributed by atoms with Crippen molar-refractivity contribution < 1.29 is 14.3 Å². The van der Waals surface area contributed by atoms with Crippen molar-refractivity contribution in [1.82, 2.24) is 10.2 Å². The van der Waals surface area contributed by atoms with Crippen molar-refractivity contribution in [3.05, 3.63) is 64.7 Å². The predicted molar refractivity (Wildman–Crippen MR) is 125 cm³/mol. The third-order valence-corrected chi connectivity index (χ3v) is 5.73. The number of hydrogen-bond acceptors (Lipinski definition) is 3. The Kier molecular flexibility index (Phi) is 9.38. The first-order chi connectivity index (χ1) is 14.7. The number of nitrogens with zero attached hydrogens (tertiary/aromatic N) is 1. The van der Waals surface area contributed by atoms with Crippen LogP contribution in [0.1, 0.15) is 58.1 Å². The van der Waals surface area contributed by atoms with Gasteiger partial charge in [-0.2, -0.15) is 0 Å². The van der Waals surface area contributed by atoms with Crippen LogP contribution in [0.15, 0.2) is 48.5 Å². The van der Waals surface area contributed by atoms with Gasteiger partial charge in [-0.1, -0.05) is 68.8 Å². The Hall–Kier alpha value is -2.53. The molecule has 0 fully saturated rings. The Morgan fingerprint density at radius 3 is 2.32 bits per heavy atom. The number of para-hydroxylation sites is 1. The van der Waals surface area contributed by atoms with Crippen LogP contribution in [-0.4, -0.2) is 35.4 Å².